The van der Waals surface area contributed by atoms with Crippen LogP contribution in [-0.2, 0) is 0 Å². The van der Waals surface area contributed by atoms with E-state index in [1.807, 2.05) is 59.1 Å². The molecule has 0 N–H and O–H groups in total. The molecule has 0 bridgehead atoms. The Morgan fingerprint density at radius 3 is 0.885 bits per heavy atom. The van der Waals surface area contributed by atoms with Crippen molar-refractivity contribution in [3.63, 3.8) is 0 Å². The number of hydrogen-bond donors (Lipinski definition) is 0. The van der Waals surface area contributed by atoms with E-state index >= 15 is 0 Å². The topological polar surface area (TPSA) is 87.2 Å². The quantitative estimate of drug-likeness (QED) is 0.120. The van der Waals surface area contributed by atoms with Crippen molar-refractivity contribution in [1.29, 1.82) is 0 Å². The standard InChI is InChI=1S/C63H38N4S.C57H34N4S/c1-3-14-39(15-4-1)61-64-62(44-27-31-53-52-24-11-12-25-57(52)67(58(53)37-44)46-18-5-2-6-19-46)66-63(65-61)45-28-32-54-56-36-43(29-33-59(56)68-60(54)38-45)41-17-13-16-40(34-41)42-26-30-51-49-22-8-7-20-47(49)48-21-9-10-23-50(48)55(51)35-42;1-3-14-35(15-4-1)55-58-56(60-57(59-55)48-24-13-23-47-45-22-11-12-25-51(45)61(54(47)48)39-16-5-2-6-17-39)38-27-30-46-50-33-37(28-31-52(50)62-53(46)34-38)36-26-29-44-42-20-8-7-18-40(42)41-19-9-10-21-43(41)49(44)32-36/h1-38H;1-34H. The van der Waals surface area contributed by atoms with Gasteiger partial charge < -0.3 is 9.13 Å². The van der Waals surface area contributed by atoms with Gasteiger partial charge in [-0.2, -0.15) is 0 Å². The van der Waals surface area contributed by atoms with E-state index in [1.54, 1.807) is 0 Å². The second-order valence-corrected chi connectivity index (χ2v) is 35.7. The summed E-state index contributed by atoms with van der Waals surface area (Å²) in [6.07, 6.45) is 0. The molecule has 27 rings (SSSR count). The minimum atomic E-state index is 0.634. The molecular weight excluding hydrogens is 1620 g/mol. The number of rotatable bonds is 11. The van der Waals surface area contributed by atoms with E-state index in [4.69, 9.17) is 29.9 Å². The predicted molar refractivity (Wildman–Crippen MR) is 548 cm³/mol. The van der Waals surface area contributed by atoms with E-state index in [0.717, 1.165) is 72.2 Å². The molecule has 0 aliphatic heterocycles. The summed E-state index contributed by atoms with van der Waals surface area (Å²) < 4.78 is 9.55. The van der Waals surface area contributed by atoms with Crippen LogP contribution >= 0.6 is 22.7 Å². The first kappa shape index (κ1) is 74.6. The lowest BCUT2D eigenvalue weighted by molar-refractivity contribution is 1.07. The third-order valence-corrected chi connectivity index (χ3v) is 28.3. The molecule has 6 heterocycles. The number of aromatic nitrogens is 8. The first-order valence-corrected chi connectivity index (χ1v) is 45.6. The SMILES string of the molecule is c1ccc(-c2nc(-c3ccc4c(c3)sc3ccc(-c5ccc6c7ccccc7c7ccccc7c6c5)cc34)nc(-c3cccc4c5ccccc5n(-c5ccccc5)c34)n2)cc1.c1ccc(-c2nc(-c3ccc4c(c3)sc3ccc(-c5cccc(-c6ccc7c8ccccc8c8ccccc8c7c6)c5)cc34)nc(-c3ccc4c5ccccc5n(-c5ccccc5)c4c3)n2)cc1. The summed E-state index contributed by atoms with van der Waals surface area (Å²) in [5.74, 6) is 3.84. The van der Waals surface area contributed by atoms with Gasteiger partial charge in [0.05, 0.1) is 22.1 Å². The third kappa shape index (κ3) is 12.5. The molecule has 0 amide bonds. The van der Waals surface area contributed by atoms with Crippen molar-refractivity contribution in [2.24, 2.45) is 0 Å². The normalized spacial score (nSPS) is 11.8. The zero-order valence-corrected chi connectivity index (χ0v) is 71.6. The van der Waals surface area contributed by atoms with Gasteiger partial charge >= 0.3 is 0 Å². The lowest BCUT2D eigenvalue weighted by Crippen LogP contribution is -2.02. The highest BCUT2D eigenvalue weighted by molar-refractivity contribution is 7.26. The van der Waals surface area contributed by atoms with E-state index in [1.165, 1.54) is 155 Å². The zero-order chi connectivity index (χ0) is 85.4. The Balaban J connectivity index is 0.000000137. The number of benzene rings is 21. The average molecular weight is 1690 g/mol. The number of para-hydroxylation sites is 5. The summed E-state index contributed by atoms with van der Waals surface area (Å²) in [5, 5.41) is 25.1. The van der Waals surface area contributed by atoms with Crippen LogP contribution in [0.4, 0.5) is 0 Å². The van der Waals surface area contributed by atoms with Crippen molar-refractivity contribution in [2.75, 3.05) is 0 Å². The summed E-state index contributed by atoms with van der Waals surface area (Å²) in [5.41, 5.74) is 19.6. The number of fused-ring (bicyclic) bond motifs is 24. The van der Waals surface area contributed by atoms with E-state index in [9.17, 15) is 0 Å². The Hall–Kier alpha value is -16.8. The van der Waals surface area contributed by atoms with Crippen LogP contribution in [0.2, 0.25) is 0 Å². The molecule has 0 aliphatic rings. The van der Waals surface area contributed by atoms with Crippen LogP contribution in [0, 0.1) is 0 Å². The Kier molecular flexibility index (Phi) is 17.5. The van der Waals surface area contributed by atoms with E-state index in [2.05, 4.69) is 410 Å². The first-order chi connectivity index (χ1) is 64.4. The maximum Gasteiger partial charge on any atom is 0.166 e. The fraction of sp³-hybridized carbons (Fsp3) is 0. The zero-order valence-electron chi connectivity index (χ0n) is 70.0. The fourth-order valence-corrected chi connectivity index (χ4v) is 22.2. The molecule has 6 aromatic heterocycles. The molecule has 0 aliphatic carbocycles. The molecule has 0 atom stereocenters. The van der Waals surface area contributed by atoms with Crippen LogP contribution < -0.4 is 0 Å². The molecular formula is C120H72N8S2. The van der Waals surface area contributed by atoms with Crippen LogP contribution in [0.1, 0.15) is 0 Å². The van der Waals surface area contributed by atoms with Crippen molar-refractivity contribution in [3.05, 3.63) is 437 Å². The van der Waals surface area contributed by atoms with Gasteiger partial charge in [-0.15, -0.1) is 22.7 Å². The molecule has 27 aromatic rings. The summed E-state index contributed by atoms with van der Waals surface area (Å²) >= 11 is 3.62. The summed E-state index contributed by atoms with van der Waals surface area (Å²) in [6.45, 7) is 0. The van der Waals surface area contributed by atoms with Gasteiger partial charge in [-0.3, -0.25) is 0 Å². The van der Waals surface area contributed by atoms with Crippen molar-refractivity contribution in [3.8, 4) is 113 Å². The molecule has 0 saturated carbocycles. The van der Waals surface area contributed by atoms with Crippen molar-refractivity contribution in [2.45, 2.75) is 0 Å². The van der Waals surface area contributed by atoms with Gasteiger partial charge in [0.15, 0.2) is 34.9 Å². The Morgan fingerprint density at radius 1 is 0.146 bits per heavy atom. The summed E-state index contributed by atoms with van der Waals surface area (Å²) in [6, 6.07) is 157. The molecule has 604 valence electrons. The molecule has 21 aromatic carbocycles. The summed E-state index contributed by atoms with van der Waals surface area (Å²) in [7, 11) is 0. The number of nitrogens with zero attached hydrogens (tertiary/aromatic N) is 8. The average Bonchev–Trinajstić information content (AvgIpc) is 1.26. The minimum Gasteiger partial charge on any atom is -0.309 e. The van der Waals surface area contributed by atoms with Gasteiger partial charge in [0, 0.05) is 107 Å². The smallest absolute Gasteiger partial charge is 0.166 e. The Morgan fingerprint density at radius 2 is 0.431 bits per heavy atom. The largest absolute Gasteiger partial charge is 0.309 e. The highest BCUT2D eigenvalue weighted by atomic mass is 32.1. The van der Waals surface area contributed by atoms with Crippen molar-refractivity contribution < 1.29 is 0 Å². The molecule has 0 spiro atoms. The predicted octanol–water partition coefficient (Wildman–Crippen LogP) is 32.6. The van der Waals surface area contributed by atoms with Crippen molar-refractivity contribution in [1.82, 2.24) is 39.0 Å². The van der Waals surface area contributed by atoms with Gasteiger partial charge in [-0.25, -0.2) is 29.9 Å². The minimum absolute atomic E-state index is 0.634. The van der Waals surface area contributed by atoms with Gasteiger partial charge in [0.1, 0.15) is 0 Å². The van der Waals surface area contributed by atoms with Gasteiger partial charge in [0.2, 0.25) is 0 Å². The second kappa shape index (κ2) is 30.5. The van der Waals surface area contributed by atoms with Gasteiger partial charge in [0.25, 0.3) is 0 Å². The van der Waals surface area contributed by atoms with E-state index in [-0.39, 0.29) is 0 Å². The molecule has 0 radical (unpaired) electrons. The van der Waals surface area contributed by atoms with Crippen molar-refractivity contribution >= 4 is 171 Å². The summed E-state index contributed by atoms with van der Waals surface area (Å²) in [4.78, 5) is 31.2. The fourth-order valence-electron chi connectivity index (χ4n) is 19.9. The molecule has 8 nitrogen and oxygen atoms in total. The van der Waals surface area contributed by atoms with Gasteiger partial charge in [-0.05, 0) is 201 Å². The van der Waals surface area contributed by atoms with E-state index < -0.39 is 0 Å². The Bertz CT molecular complexity index is 9250. The first-order valence-electron chi connectivity index (χ1n) is 43.9. The number of hydrogen-bond acceptors (Lipinski definition) is 8. The molecule has 130 heavy (non-hydrogen) atoms. The Labute approximate surface area is 754 Å². The van der Waals surface area contributed by atoms with Crippen LogP contribution in [-0.4, -0.2) is 39.0 Å². The maximum absolute atomic E-state index is 5.30. The monoisotopic (exact) mass is 1690 g/mol. The molecule has 0 fully saturated rings. The van der Waals surface area contributed by atoms with Crippen LogP contribution in [0.15, 0.2) is 437 Å². The third-order valence-electron chi connectivity index (χ3n) is 26.0. The van der Waals surface area contributed by atoms with Gasteiger partial charge in [-0.1, -0.05) is 334 Å². The molecule has 10 heteroatoms. The van der Waals surface area contributed by atoms with E-state index in [0.29, 0.717) is 34.9 Å². The maximum atomic E-state index is 5.30. The van der Waals surface area contributed by atoms with Crippen LogP contribution in [0.25, 0.3) is 262 Å². The van der Waals surface area contributed by atoms with Crippen LogP contribution in [0.3, 0.4) is 0 Å². The lowest BCUT2D eigenvalue weighted by atomic mass is 9.91. The highest BCUT2D eigenvalue weighted by Gasteiger charge is 2.24. The number of thiophene rings is 2. The van der Waals surface area contributed by atoms with Crippen LogP contribution in [0.5, 0.6) is 0 Å². The highest BCUT2D eigenvalue weighted by Crippen LogP contribution is 2.47. The molecule has 0 unspecified atom stereocenters. The lowest BCUT2D eigenvalue weighted by Gasteiger charge is -2.12. The second-order valence-electron chi connectivity index (χ2n) is 33.5. The molecule has 0 saturated heterocycles.